The number of hydrogen-bond acceptors (Lipinski definition) is 7. The van der Waals surface area contributed by atoms with Crippen molar-refractivity contribution < 1.29 is 18.8 Å². The van der Waals surface area contributed by atoms with E-state index in [1.54, 1.807) is 31.2 Å². The number of thiazole rings is 1. The number of nitrogens with two attached hydrogens (primary N) is 2. The minimum atomic E-state index is -0.827. The number of hydrogen-bond donors (Lipinski definition) is 3. The fourth-order valence-electron chi connectivity index (χ4n) is 4.06. The van der Waals surface area contributed by atoms with Gasteiger partial charge in [-0.05, 0) is 56.2 Å². The van der Waals surface area contributed by atoms with Crippen molar-refractivity contribution in [3.05, 3.63) is 70.4 Å². The molecule has 35 heavy (non-hydrogen) atoms. The van der Waals surface area contributed by atoms with E-state index in [1.807, 2.05) is 0 Å². The SMILES string of the molecule is CC(C(N)=O)N(c1ccc(F)cc1)c1nc(N)c(C(=O)c2ccc(C(=O)NC3CCCC3)cc2)s1. The quantitative estimate of drug-likeness (QED) is 0.408. The number of ketones is 1. The fourth-order valence-corrected chi connectivity index (χ4v) is 5.11. The molecule has 1 aromatic heterocycles. The lowest BCUT2D eigenvalue weighted by Gasteiger charge is -2.26. The van der Waals surface area contributed by atoms with Crippen molar-refractivity contribution in [2.45, 2.75) is 44.7 Å². The van der Waals surface area contributed by atoms with Gasteiger partial charge in [0, 0.05) is 22.9 Å². The number of nitrogen functional groups attached to an aromatic ring is 1. The number of anilines is 3. The molecule has 1 fully saturated rings. The highest BCUT2D eigenvalue weighted by atomic mass is 32.1. The molecule has 1 heterocycles. The summed E-state index contributed by atoms with van der Waals surface area (Å²) in [7, 11) is 0. The molecule has 1 atom stereocenters. The first-order chi connectivity index (χ1) is 16.7. The Morgan fingerprint density at radius 3 is 2.26 bits per heavy atom. The third kappa shape index (κ3) is 5.32. The fraction of sp³-hybridized carbons (Fsp3) is 0.280. The average molecular weight is 496 g/mol. The van der Waals surface area contributed by atoms with Crippen LogP contribution in [0.25, 0.3) is 0 Å². The smallest absolute Gasteiger partial charge is 0.251 e. The van der Waals surface area contributed by atoms with Gasteiger partial charge in [-0.2, -0.15) is 0 Å². The summed E-state index contributed by atoms with van der Waals surface area (Å²) in [6.07, 6.45) is 4.21. The molecule has 10 heteroatoms. The first-order valence-electron chi connectivity index (χ1n) is 11.3. The molecule has 0 saturated heterocycles. The van der Waals surface area contributed by atoms with Gasteiger partial charge in [0.1, 0.15) is 22.6 Å². The van der Waals surface area contributed by atoms with Crippen LogP contribution in [0.4, 0.5) is 21.0 Å². The maximum Gasteiger partial charge on any atom is 0.251 e. The van der Waals surface area contributed by atoms with Crippen LogP contribution in [0.5, 0.6) is 0 Å². The van der Waals surface area contributed by atoms with Crippen LogP contribution in [0.1, 0.15) is 58.2 Å². The van der Waals surface area contributed by atoms with Gasteiger partial charge in [-0.15, -0.1) is 0 Å². The van der Waals surface area contributed by atoms with Gasteiger partial charge in [0.2, 0.25) is 11.7 Å². The molecule has 0 bridgehead atoms. The summed E-state index contributed by atoms with van der Waals surface area (Å²) in [5, 5.41) is 3.29. The molecular weight excluding hydrogens is 469 g/mol. The number of rotatable bonds is 8. The predicted molar refractivity (Wildman–Crippen MR) is 133 cm³/mol. The highest BCUT2D eigenvalue weighted by Gasteiger charge is 2.27. The van der Waals surface area contributed by atoms with Crippen molar-refractivity contribution >= 4 is 45.6 Å². The number of aromatic nitrogens is 1. The Morgan fingerprint density at radius 1 is 1.06 bits per heavy atom. The molecule has 0 aliphatic heterocycles. The van der Waals surface area contributed by atoms with Gasteiger partial charge >= 0.3 is 0 Å². The van der Waals surface area contributed by atoms with E-state index in [4.69, 9.17) is 11.5 Å². The van der Waals surface area contributed by atoms with E-state index >= 15 is 0 Å². The van der Waals surface area contributed by atoms with Gasteiger partial charge in [0.15, 0.2) is 5.13 Å². The highest BCUT2D eigenvalue weighted by Crippen LogP contribution is 2.36. The van der Waals surface area contributed by atoms with Crippen LogP contribution in [-0.4, -0.2) is 34.7 Å². The monoisotopic (exact) mass is 495 g/mol. The maximum absolute atomic E-state index is 13.4. The van der Waals surface area contributed by atoms with Crippen LogP contribution in [0.2, 0.25) is 0 Å². The molecule has 0 spiro atoms. The van der Waals surface area contributed by atoms with E-state index in [-0.39, 0.29) is 33.6 Å². The van der Waals surface area contributed by atoms with Crippen molar-refractivity contribution in [1.82, 2.24) is 10.3 Å². The highest BCUT2D eigenvalue weighted by molar-refractivity contribution is 7.18. The standard InChI is InChI=1S/C25H26FN5O3S/c1-14(23(28)33)31(19-12-10-17(26)11-13-19)25-30-22(27)21(35-25)20(32)15-6-8-16(9-7-15)24(34)29-18-4-2-3-5-18/h6-14,18H,2-5,27H2,1H3,(H2,28,33)(H,29,34). The lowest BCUT2D eigenvalue weighted by atomic mass is 10.1. The van der Waals surface area contributed by atoms with Crippen LogP contribution in [0, 0.1) is 5.82 Å². The summed E-state index contributed by atoms with van der Waals surface area (Å²) < 4.78 is 13.4. The number of halogens is 1. The number of primary amides is 1. The Bertz CT molecular complexity index is 1240. The lowest BCUT2D eigenvalue weighted by Crippen LogP contribution is -2.39. The Morgan fingerprint density at radius 2 is 1.66 bits per heavy atom. The predicted octanol–water partition coefficient (Wildman–Crippen LogP) is 3.78. The number of carbonyl (C=O) groups is 3. The summed E-state index contributed by atoms with van der Waals surface area (Å²) in [6, 6.07) is 11.2. The number of amides is 2. The Labute approximate surface area is 206 Å². The first kappa shape index (κ1) is 24.3. The summed E-state index contributed by atoms with van der Waals surface area (Å²) >= 11 is 1.01. The molecule has 1 aliphatic carbocycles. The van der Waals surface area contributed by atoms with E-state index < -0.39 is 17.8 Å². The molecule has 8 nitrogen and oxygen atoms in total. The van der Waals surface area contributed by atoms with E-state index in [9.17, 15) is 18.8 Å². The second-order valence-electron chi connectivity index (χ2n) is 8.50. The van der Waals surface area contributed by atoms with Gasteiger partial charge in [0.05, 0.1) is 0 Å². The molecule has 182 valence electrons. The molecule has 1 unspecified atom stereocenters. The van der Waals surface area contributed by atoms with E-state index in [0.717, 1.165) is 37.0 Å². The van der Waals surface area contributed by atoms with Crippen LogP contribution in [-0.2, 0) is 4.79 Å². The van der Waals surface area contributed by atoms with Gasteiger partial charge in [-0.3, -0.25) is 14.4 Å². The zero-order valence-corrected chi connectivity index (χ0v) is 20.0. The van der Waals surface area contributed by atoms with E-state index in [0.29, 0.717) is 16.8 Å². The third-order valence-electron chi connectivity index (χ3n) is 6.06. The second-order valence-corrected chi connectivity index (χ2v) is 9.47. The second kappa shape index (κ2) is 10.2. The Balaban J connectivity index is 1.57. The van der Waals surface area contributed by atoms with Crippen molar-refractivity contribution in [3.63, 3.8) is 0 Å². The molecular formula is C25H26FN5O3S. The molecule has 4 rings (SSSR count). The summed E-state index contributed by atoms with van der Waals surface area (Å²) in [5.74, 6) is -1.58. The van der Waals surface area contributed by atoms with Crippen molar-refractivity contribution in [3.8, 4) is 0 Å². The summed E-state index contributed by atoms with van der Waals surface area (Å²) in [5.41, 5.74) is 12.9. The Hall–Kier alpha value is -3.79. The minimum absolute atomic E-state index is 0.00170. The van der Waals surface area contributed by atoms with E-state index in [1.165, 1.54) is 29.2 Å². The minimum Gasteiger partial charge on any atom is -0.382 e. The van der Waals surface area contributed by atoms with E-state index in [2.05, 4.69) is 10.3 Å². The van der Waals surface area contributed by atoms with Crippen molar-refractivity contribution in [2.75, 3.05) is 10.6 Å². The lowest BCUT2D eigenvalue weighted by molar-refractivity contribution is -0.118. The molecule has 3 aromatic rings. The number of nitrogens with zero attached hydrogens (tertiary/aromatic N) is 2. The van der Waals surface area contributed by atoms with Gasteiger partial charge in [-0.1, -0.05) is 36.3 Å². The Kier molecular flexibility index (Phi) is 7.11. The summed E-state index contributed by atoms with van der Waals surface area (Å²) in [4.78, 5) is 43.6. The largest absolute Gasteiger partial charge is 0.382 e. The number of carbonyl (C=O) groups excluding carboxylic acids is 3. The van der Waals surface area contributed by atoms with Crippen LogP contribution >= 0.6 is 11.3 Å². The van der Waals surface area contributed by atoms with Crippen LogP contribution < -0.4 is 21.7 Å². The van der Waals surface area contributed by atoms with Crippen LogP contribution in [0.3, 0.4) is 0 Å². The maximum atomic E-state index is 13.4. The average Bonchev–Trinajstić information content (AvgIpc) is 3.49. The molecule has 1 saturated carbocycles. The van der Waals surface area contributed by atoms with Crippen molar-refractivity contribution in [1.29, 1.82) is 0 Å². The number of benzene rings is 2. The molecule has 0 radical (unpaired) electrons. The molecule has 2 aromatic carbocycles. The third-order valence-corrected chi connectivity index (χ3v) is 7.13. The van der Waals surface area contributed by atoms with Crippen molar-refractivity contribution in [2.24, 2.45) is 5.73 Å². The summed E-state index contributed by atoms with van der Waals surface area (Å²) in [6.45, 7) is 1.58. The normalized spacial score (nSPS) is 14.5. The molecule has 1 aliphatic rings. The zero-order chi connectivity index (χ0) is 25.1. The number of nitrogens with one attached hydrogen (secondary N) is 1. The molecule has 5 N–H and O–H groups in total. The van der Waals surface area contributed by atoms with Gasteiger partial charge < -0.3 is 21.7 Å². The van der Waals surface area contributed by atoms with Crippen LogP contribution in [0.15, 0.2) is 48.5 Å². The first-order valence-corrected chi connectivity index (χ1v) is 12.1. The van der Waals surface area contributed by atoms with Gasteiger partial charge in [0.25, 0.3) is 5.91 Å². The zero-order valence-electron chi connectivity index (χ0n) is 19.2. The topological polar surface area (TPSA) is 131 Å². The van der Waals surface area contributed by atoms with Gasteiger partial charge in [-0.25, -0.2) is 9.37 Å². The molecule has 2 amide bonds.